The third kappa shape index (κ3) is 3.00. The monoisotopic (exact) mass is 250 g/mol. The van der Waals surface area contributed by atoms with Crippen molar-refractivity contribution in [1.82, 2.24) is 0 Å². The van der Waals surface area contributed by atoms with Crippen LogP contribution >= 0.6 is 0 Å². The molecule has 1 aromatic carbocycles. The van der Waals surface area contributed by atoms with E-state index in [0.717, 1.165) is 6.42 Å². The van der Waals surface area contributed by atoms with E-state index in [-0.39, 0.29) is 22.4 Å². The van der Waals surface area contributed by atoms with Crippen LogP contribution in [0, 0.1) is 0 Å². The molecular weight excluding hydrogens is 236 g/mol. The highest BCUT2D eigenvalue weighted by Crippen LogP contribution is 2.24. The first-order chi connectivity index (χ1) is 8.51. The molecule has 98 valence electrons. The van der Waals surface area contributed by atoms with E-state index in [1.165, 1.54) is 19.2 Å². The van der Waals surface area contributed by atoms with Gasteiger partial charge in [-0.2, -0.15) is 0 Å². The molecule has 0 radical (unpaired) electrons. The minimum absolute atomic E-state index is 0.151. The predicted octanol–water partition coefficient (Wildman–Crippen LogP) is -0.235. The van der Waals surface area contributed by atoms with Crippen molar-refractivity contribution in [1.29, 1.82) is 0 Å². The predicted molar refractivity (Wildman–Crippen MR) is 60.3 cm³/mol. The summed E-state index contributed by atoms with van der Waals surface area (Å²) in [7, 11) is 1.33. The molecule has 18 heavy (non-hydrogen) atoms. The number of rotatable bonds is 6. The second-order valence-electron chi connectivity index (χ2n) is 3.88. The van der Waals surface area contributed by atoms with Crippen molar-refractivity contribution in [2.45, 2.75) is 26.2 Å². The summed E-state index contributed by atoms with van der Waals surface area (Å²) in [6, 6.07) is 2.54. The lowest BCUT2D eigenvalue weighted by Gasteiger charge is -2.17. The van der Waals surface area contributed by atoms with Crippen molar-refractivity contribution in [3.63, 3.8) is 0 Å². The molecule has 0 unspecified atom stereocenters. The van der Waals surface area contributed by atoms with Gasteiger partial charge < -0.3 is 24.5 Å². The Kier molecular flexibility index (Phi) is 4.71. The normalized spacial score (nSPS) is 10.1. The quantitative estimate of drug-likeness (QED) is 0.695. The Morgan fingerprint density at radius 1 is 1.17 bits per heavy atom. The van der Waals surface area contributed by atoms with Crippen molar-refractivity contribution >= 4 is 11.9 Å². The second kappa shape index (κ2) is 6.05. The van der Waals surface area contributed by atoms with Crippen molar-refractivity contribution < 1.29 is 24.5 Å². The molecule has 0 saturated heterocycles. The van der Waals surface area contributed by atoms with E-state index in [4.69, 9.17) is 4.74 Å². The summed E-state index contributed by atoms with van der Waals surface area (Å²) in [6.45, 7) is 1.93. The van der Waals surface area contributed by atoms with Gasteiger partial charge in [-0.05, 0) is 30.5 Å². The number of carboxylic acid groups (broad SMARTS) is 2. The number of hydrogen-bond acceptors (Lipinski definition) is 5. The van der Waals surface area contributed by atoms with Crippen LogP contribution in [-0.4, -0.2) is 19.0 Å². The number of hydrogen-bond donors (Lipinski definition) is 0. The third-order valence-corrected chi connectivity index (χ3v) is 2.68. The maximum atomic E-state index is 11.0. The van der Waals surface area contributed by atoms with Gasteiger partial charge in [0.15, 0.2) is 0 Å². The van der Waals surface area contributed by atoms with Crippen molar-refractivity contribution in [3.05, 3.63) is 28.8 Å². The van der Waals surface area contributed by atoms with Gasteiger partial charge in [0, 0.05) is 11.1 Å². The Balaban J connectivity index is 3.40. The van der Waals surface area contributed by atoms with Gasteiger partial charge >= 0.3 is 0 Å². The number of unbranched alkanes of at least 4 members (excludes halogenated alkanes) is 1. The lowest BCUT2D eigenvalue weighted by Crippen LogP contribution is -2.28. The molecule has 0 bridgehead atoms. The Hall–Kier alpha value is -2.04. The maximum Gasteiger partial charge on any atom is 0.120 e. The van der Waals surface area contributed by atoms with E-state index < -0.39 is 11.9 Å². The molecule has 0 heterocycles. The van der Waals surface area contributed by atoms with Crippen LogP contribution in [-0.2, 0) is 6.42 Å². The third-order valence-electron chi connectivity index (χ3n) is 2.68. The minimum Gasteiger partial charge on any atom is -0.545 e. The first kappa shape index (κ1) is 14.0. The van der Waals surface area contributed by atoms with Crippen LogP contribution in [0.2, 0.25) is 0 Å². The summed E-state index contributed by atoms with van der Waals surface area (Å²) < 4.78 is 4.87. The first-order valence-corrected chi connectivity index (χ1v) is 5.64. The smallest absolute Gasteiger partial charge is 0.120 e. The molecule has 0 fully saturated rings. The molecule has 0 atom stereocenters. The van der Waals surface area contributed by atoms with E-state index in [1.54, 1.807) is 0 Å². The van der Waals surface area contributed by atoms with Crippen LogP contribution in [0.3, 0.4) is 0 Å². The molecule has 0 N–H and O–H groups in total. The number of aromatic carboxylic acids is 2. The highest BCUT2D eigenvalue weighted by atomic mass is 16.5. The molecule has 0 aliphatic heterocycles. The SMILES string of the molecule is CCCCc1c(C(=O)[O-])cc(OC)cc1C(=O)[O-]. The van der Waals surface area contributed by atoms with E-state index in [9.17, 15) is 19.8 Å². The summed E-state index contributed by atoms with van der Waals surface area (Å²) >= 11 is 0. The molecule has 0 aromatic heterocycles. The van der Waals surface area contributed by atoms with E-state index >= 15 is 0 Å². The average Bonchev–Trinajstić information content (AvgIpc) is 2.34. The van der Waals surface area contributed by atoms with Crippen LogP contribution in [0.4, 0.5) is 0 Å². The fraction of sp³-hybridized carbons (Fsp3) is 0.385. The zero-order valence-corrected chi connectivity index (χ0v) is 10.3. The van der Waals surface area contributed by atoms with Crippen LogP contribution < -0.4 is 14.9 Å². The van der Waals surface area contributed by atoms with Crippen LogP contribution in [0.1, 0.15) is 46.0 Å². The van der Waals surface area contributed by atoms with Gasteiger partial charge in [-0.25, -0.2) is 0 Å². The number of benzene rings is 1. The fourth-order valence-electron chi connectivity index (χ4n) is 1.75. The summed E-state index contributed by atoms with van der Waals surface area (Å²) in [5.41, 5.74) is -0.0679. The molecule has 5 heteroatoms. The van der Waals surface area contributed by atoms with Crippen LogP contribution in [0.25, 0.3) is 0 Å². The van der Waals surface area contributed by atoms with Gasteiger partial charge in [0.2, 0.25) is 0 Å². The molecule has 0 saturated carbocycles. The number of ether oxygens (including phenoxy) is 1. The number of carboxylic acids is 2. The lowest BCUT2D eigenvalue weighted by molar-refractivity contribution is -0.255. The largest absolute Gasteiger partial charge is 0.545 e. The van der Waals surface area contributed by atoms with E-state index in [0.29, 0.717) is 12.8 Å². The minimum atomic E-state index is -1.41. The maximum absolute atomic E-state index is 11.0. The Morgan fingerprint density at radius 3 is 2.00 bits per heavy atom. The topological polar surface area (TPSA) is 89.5 Å². The van der Waals surface area contributed by atoms with Gasteiger partial charge in [0.25, 0.3) is 0 Å². The van der Waals surface area contributed by atoms with Gasteiger partial charge in [-0.1, -0.05) is 13.3 Å². The fourth-order valence-corrected chi connectivity index (χ4v) is 1.75. The number of carbonyl (C=O) groups is 2. The van der Waals surface area contributed by atoms with Crippen LogP contribution in [0.15, 0.2) is 12.1 Å². The van der Waals surface area contributed by atoms with Crippen molar-refractivity contribution in [3.8, 4) is 5.75 Å². The Labute approximate surface area is 105 Å². The zero-order chi connectivity index (χ0) is 13.7. The zero-order valence-electron chi connectivity index (χ0n) is 10.3. The van der Waals surface area contributed by atoms with E-state index in [2.05, 4.69) is 0 Å². The number of carbonyl (C=O) groups excluding carboxylic acids is 2. The van der Waals surface area contributed by atoms with E-state index in [1.807, 2.05) is 6.92 Å². The van der Waals surface area contributed by atoms with Gasteiger partial charge in [-0.3, -0.25) is 0 Å². The highest BCUT2D eigenvalue weighted by molar-refractivity contribution is 5.95. The second-order valence-corrected chi connectivity index (χ2v) is 3.88. The molecule has 1 rings (SSSR count). The van der Waals surface area contributed by atoms with Crippen molar-refractivity contribution in [2.24, 2.45) is 0 Å². The standard InChI is InChI=1S/C13H16O5/c1-3-4-5-9-10(12(14)15)6-8(18-2)7-11(9)13(16)17/h6-7H,3-5H2,1-2H3,(H,14,15)(H,16,17)/p-2. The average molecular weight is 250 g/mol. The molecule has 0 spiro atoms. The summed E-state index contributed by atoms with van der Waals surface area (Å²) in [4.78, 5) is 22.1. The first-order valence-electron chi connectivity index (χ1n) is 5.64. The number of methoxy groups -OCH3 is 1. The molecule has 0 aliphatic carbocycles. The lowest BCUT2D eigenvalue weighted by atomic mass is 9.95. The van der Waals surface area contributed by atoms with Gasteiger partial charge in [0.05, 0.1) is 19.0 Å². The summed E-state index contributed by atoms with van der Waals surface area (Å²) in [6.07, 6.45) is 1.87. The van der Waals surface area contributed by atoms with Gasteiger partial charge in [-0.15, -0.1) is 0 Å². The van der Waals surface area contributed by atoms with Gasteiger partial charge in [0.1, 0.15) is 5.75 Å². The molecule has 0 amide bonds. The van der Waals surface area contributed by atoms with Crippen molar-refractivity contribution in [2.75, 3.05) is 7.11 Å². The molecule has 1 aromatic rings. The Bertz CT molecular complexity index is 429. The molecule has 0 aliphatic rings. The molecular formula is C13H14O5-2. The summed E-state index contributed by atoms with van der Waals surface area (Å²) in [5, 5.41) is 22.1. The Morgan fingerprint density at radius 2 is 1.67 bits per heavy atom. The highest BCUT2D eigenvalue weighted by Gasteiger charge is 2.12. The summed E-state index contributed by atoms with van der Waals surface area (Å²) in [5.74, 6) is -2.67. The molecule has 5 nitrogen and oxygen atoms in total. The van der Waals surface area contributed by atoms with Crippen LogP contribution in [0.5, 0.6) is 5.75 Å².